The molecule has 0 unspecified atom stereocenters. The van der Waals surface area contributed by atoms with Crippen molar-refractivity contribution >= 4 is 11.9 Å². The molecule has 1 aromatic heterocycles. The lowest BCUT2D eigenvalue weighted by Gasteiger charge is -2.24. The average Bonchev–Trinajstić information content (AvgIpc) is 2.45. The van der Waals surface area contributed by atoms with E-state index in [4.69, 9.17) is 19.4 Å². The maximum Gasteiger partial charge on any atom is 0.404 e. The Labute approximate surface area is 105 Å². The van der Waals surface area contributed by atoms with Gasteiger partial charge in [-0.2, -0.15) is 29.3 Å². The Bertz CT molecular complexity index is 361. The molecule has 0 N–H and O–H groups in total. The van der Waals surface area contributed by atoms with Gasteiger partial charge in [0.25, 0.3) is 0 Å². The molecule has 0 saturated heterocycles. The van der Waals surface area contributed by atoms with Crippen molar-refractivity contribution < 1.29 is 19.4 Å². The first-order valence-corrected chi connectivity index (χ1v) is 5.12. The fraction of sp³-hybridized carbons (Fsp3) is 0.667. The zero-order valence-electron chi connectivity index (χ0n) is 11.4. The van der Waals surface area contributed by atoms with Crippen LogP contribution in [0.3, 0.4) is 0 Å². The highest BCUT2D eigenvalue weighted by molar-refractivity contribution is 5.25. The van der Waals surface area contributed by atoms with E-state index in [0.717, 1.165) is 0 Å². The van der Waals surface area contributed by atoms with Gasteiger partial charge in [0.1, 0.15) is 48.9 Å². The molecule has 0 aliphatic heterocycles. The first kappa shape index (κ1) is 14.8. The van der Waals surface area contributed by atoms with Crippen LogP contribution >= 0.6 is 0 Å². The third-order valence-corrected chi connectivity index (χ3v) is 2.67. The summed E-state index contributed by atoms with van der Waals surface area (Å²) in [7, 11) is 9.20. The van der Waals surface area contributed by atoms with E-state index in [0.29, 0.717) is 0 Å². The van der Waals surface area contributed by atoms with E-state index in [-0.39, 0.29) is 21.5 Å². The van der Waals surface area contributed by atoms with E-state index < -0.39 is 0 Å². The smallest absolute Gasteiger partial charge is 0.163 e. The molecule has 9 heteroatoms. The molecule has 1 aromatic rings. The summed E-state index contributed by atoms with van der Waals surface area (Å²) >= 11 is 0. The van der Waals surface area contributed by atoms with Crippen LogP contribution in [0.15, 0.2) is 6.33 Å². The summed E-state index contributed by atoms with van der Waals surface area (Å²) in [6.07, 6.45) is 1.33. The zero-order chi connectivity index (χ0) is 13.8. The quantitative estimate of drug-likeness (QED) is 0.526. The fourth-order valence-electron chi connectivity index (χ4n) is 1.15. The standard InChI is InChI=1S/C9H19N5O4/c1-13(15-3,16-4)8-10-7-11-9(12-8)14(2,17-5)18-6/h7H,1-6H3/q+2. The molecule has 9 nitrogen and oxygen atoms in total. The summed E-state index contributed by atoms with van der Waals surface area (Å²) in [5.41, 5.74) is 0. The minimum absolute atomic E-state index is 0.267. The molecule has 0 bridgehead atoms. The maximum atomic E-state index is 5.18. The summed E-state index contributed by atoms with van der Waals surface area (Å²) in [6.45, 7) is 0. The number of nitrogens with zero attached hydrogens (tertiary/aromatic N) is 5. The van der Waals surface area contributed by atoms with Gasteiger partial charge < -0.3 is 0 Å². The van der Waals surface area contributed by atoms with Gasteiger partial charge >= 0.3 is 11.9 Å². The molecule has 0 saturated carbocycles. The van der Waals surface area contributed by atoms with E-state index in [1.165, 1.54) is 34.8 Å². The van der Waals surface area contributed by atoms with Gasteiger partial charge in [-0.25, -0.2) is 0 Å². The second-order valence-electron chi connectivity index (χ2n) is 3.51. The van der Waals surface area contributed by atoms with Crippen molar-refractivity contribution in [1.82, 2.24) is 24.6 Å². The van der Waals surface area contributed by atoms with Crippen LogP contribution in [-0.2, 0) is 19.4 Å². The largest absolute Gasteiger partial charge is 0.404 e. The fourth-order valence-corrected chi connectivity index (χ4v) is 1.15. The van der Waals surface area contributed by atoms with E-state index >= 15 is 0 Å². The van der Waals surface area contributed by atoms with Crippen LogP contribution in [0.2, 0.25) is 0 Å². The summed E-state index contributed by atoms with van der Waals surface area (Å²) in [4.78, 5) is 32.3. The van der Waals surface area contributed by atoms with Crippen molar-refractivity contribution in [2.75, 3.05) is 42.5 Å². The summed E-state index contributed by atoms with van der Waals surface area (Å²) in [5, 5.41) is 0. The number of hydrogen-bond acceptors (Lipinski definition) is 7. The Hall–Kier alpha value is -1.23. The lowest BCUT2D eigenvalue weighted by atomic mass is 10.8. The predicted octanol–water partition coefficient (Wildman–Crippen LogP) is -0.00860. The van der Waals surface area contributed by atoms with Gasteiger partial charge in [-0.05, 0) is 0 Å². The van der Waals surface area contributed by atoms with Crippen molar-refractivity contribution in [3.8, 4) is 0 Å². The van der Waals surface area contributed by atoms with Crippen molar-refractivity contribution in [3.05, 3.63) is 6.33 Å². The Morgan fingerprint density at radius 3 is 1.39 bits per heavy atom. The van der Waals surface area contributed by atoms with Gasteiger partial charge in [0.2, 0.25) is 0 Å². The van der Waals surface area contributed by atoms with Gasteiger partial charge in [-0.3, -0.25) is 0 Å². The monoisotopic (exact) mass is 261 g/mol. The van der Waals surface area contributed by atoms with Crippen LogP contribution in [0, 0.1) is 0 Å². The Morgan fingerprint density at radius 1 is 0.778 bits per heavy atom. The minimum Gasteiger partial charge on any atom is -0.163 e. The molecule has 102 valence electrons. The summed E-state index contributed by atoms with van der Waals surface area (Å²) < 4.78 is 0. The lowest BCUT2D eigenvalue weighted by Crippen LogP contribution is -2.47. The highest BCUT2D eigenvalue weighted by Crippen LogP contribution is 2.21. The molecule has 0 amide bonds. The van der Waals surface area contributed by atoms with Gasteiger partial charge in [0, 0.05) is 9.62 Å². The van der Waals surface area contributed by atoms with E-state index in [9.17, 15) is 0 Å². The van der Waals surface area contributed by atoms with Crippen LogP contribution in [0.5, 0.6) is 0 Å². The number of quaternary nitrogens is 2. The van der Waals surface area contributed by atoms with Crippen molar-refractivity contribution in [3.63, 3.8) is 0 Å². The Kier molecular flexibility index (Phi) is 4.62. The topological polar surface area (TPSA) is 75.6 Å². The Morgan fingerprint density at radius 2 is 1.11 bits per heavy atom. The molecule has 0 aromatic carbocycles. The molecule has 0 spiro atoms. The minimum atomic E-state index is -0.358. The number of aromatic nitrogens is 3. The molecule has 0 atom stereocenters. The third kappa shape index (κ3) is 2.61. The molecule has 18 heavy (non-hydrogen) atoms. The maximum absolute atomic E-state index is 5.18. The van der Waals surface area contributed by atoms with Gasteiger partial charge in [-0.1, -0.05) is 4.98 Å². The second kappa shape index (κ2) is 5.61. The Balaban J connectivity index is 3.21. The van der Waals surface area contributed by atoms with Crippen LogP contribution in [-0.4, -0.2) is 57.5 Å². The number of hydrogen-bond donors (Lipinski definition) is 0. The van der Waals surface area contributed by atoms with Crippen molar-refractivity contribution in [2.24, 2.45) is 0 Å². The van der Waals surface area contributed by atoms with Crippen molar-refractivity contribution in [1.29, 1.82) is 0 Å². The van der Waals surface area contributed by atoms with E-state index in [2.05, 4.69) is 15.0 Å². The molecule has 0 fully saturated rings. The van der Waals surface area contributed by atoms with Gasteiger partial charge in [0.15, 0.2) is 0 Å². The molecule has 0 radical (unpaired) electrons. The molecule has 1 rings (SSSR count). The first-order valence-electron chi connectivity index (χ1n) is 5.12. The molecular weight excluding hydrogens is 242 g/mol. The van der Waals surface area contributed by atoms with E-state index in [1.807, 2.05) is 0 Å². The van der Waals surface area contributed by atoms with Crippen LogP contribution in [0.4, 0.5) is 11.9 Å². The predicted molar refractivity (Wildman–Crippen MR) is 63.3 cm³/mol. The third-order valence-electron chi connectivity index (χ3n) is 2.67. The van der Waals surface area contributed by atoms with E-state index in [1.54, 1.807) is 14.1 Å². The second-order valence-corrected chi connectivity index (χ2v) is 3.51. The molecular formula is C9H19N5O4+2. The average molecular weight is 261 g/mol. The number of hydroxylamine groups is 4. The first-order chi connectivity index (χ1) is 8.45. The van der Waals surface area contributed by atoms with Gasteiger partial charge in [-0.15, -0.1) is 0 Å². The zero-order valence-corrected chi connectivity index (χ0v) is 11.4. The van der Waals surface area contributed by atoms with Crippen molar-refractivity contribution in [2.45, 2.75) is 0 Å². The molecule has 0 aliphatic rings. The molecule has 1 heterocycles. The van der Waals surface area contributed by atoms with Crippen LogP contribution in [0.1, 0.15) is 0 Å². The highest BCUT2D eigenvalue weighted by Gasteiger charge is 2.37. The summed E-state index contributed by atoms with van der Waals surface area (Å²) in [5.74, 6) is 0.534. The van der Waals surface area contributed by atoms with Crippen LogP contribution < -0.4 is 9.62 Å². The van der Waals surface area contributed by atoms with Gasteiger partial charge in [0.05, 0.1) is 0 Å². The van der Waals surface area contributed by atoms with Crippen LogP contribution in [0.25, 0.3) is 0 Å². The normalized spacial score (nSPS) is 12.8. The number of rotatable bonds is 6. The lowest BCUT2D eigenvalue weighted by molar-refractivity contribution is -0.321. The SMILES string of the molecule is CO[N+](C)(OC)c1ncnc([N+](C)(OC)OC)n1. The highest BCUT2D eigenvalue weighted by atomic mass is 17.0. The molecule has 0 aliphatic carbocycles. The summed E-state index contributed by atoms with van der Waals surface area (Å²) in [6, 6.07) is 0.